The Kier molecular flexibility index (Phi) is 5.31. The van der Waals surface area contributed by atoms with Gasteiger partial charge in [-0.3, -0.25) is 0 Å². The predicted molar refractivity (Wildman–Crippen MR) is 73.9 cm³/mol. The molecule has 1 aromatic rings. The van der Waals surface area contributed by atoms with Crippen LogP contribution >= 0.6 is 0 Å². The minimum Gasteiger partial charge on any atom is -0.312 e. The van der Waals surface area contributed by atoms with Gasteiger partial charge in [-0.1, -0.05) is 26.0 Å². The summed E-state index contributed by atoms with van der Waals surface area (Å²) in [7, 11) is -0.244. The minimum absolute atomic E-state index is 0.333. The first-order valence-electron chi connectivity index (χ1n) is 6.06. The molecule has 0 aliphatic carbocycles. The lowest BCUT2D eigenvalue weighted by atomic mass is 10.2. The maximum Gasteiger partial charge on any atom is 0.242 e. The molecule has 0 saturated carbocycles. The monoisotopic (exact) mass is 270 g/mol. The largest absolute Gasteiger partial charge is 0.312 e. The first-order chi connectivity index (χ1) is 8.34. The predicted octanol–water partition coefficient (Wildman–Crippen LogP) is 1.68. The molecule has 0 aromatic heterocycles. The molecule has 0 atom stereocenters. The average molecular weight is 270 g/mol. The maximum atomic E-state index is 11.9. The summed E-state index contributed by atoms with van der Waals surface area (Å²) in [6, 6.07) is 7.01. The first kappa shape index (κ1) is 15.1. The van der Waals surface area contributed by atoms with E-state index in [0.717, 1.165) is 18.7 Å². The molecule has 0 radical (unpaired) electrons. The zero-order valence-corrected chi connectivity index (χ0v) is 12.3. The third-order valence-corrected chi connectivity index (χ3v) is 4.41. The molecule has 0 heterocycles. The summed E-state index contributed by atoms with van der Waals surface area (Å²) in [5, 5.41) is 3.32. The molecule has 1 aromatic carbocycles. The van der Waals surface area contributed by atoms with Gasteiger partial charge >= 0.3 is 0 Å². The van der Waals surface area contributed by atoms with E-state index in [1.807, 2.05) is 12.1 Å². The summed E-state index contributed by atoms with van der Waals surface area (Å²) in [6.45, 7) is 6.03. The van der Waals surface area contributed by atoms with Gasteiger partial charge in [-0.05, 0) is 30.2 Å². The van der Waals surface area contributed by atoms with E-state index in [1.54, 1.807) is 12.1 Å². The van der Waals surface area contributed by atoms with Crippen molar-refractivity contribution >= 4 is 10.0 Å². The van der Waals surface area contributed by atoms with Crippen LogP contribution in [0.4, 0.5) is 0 Å². The van der Waals surface area contributed by atoms with Crippen molar-refractivity contribution in [2.75, 3.05) is 20.6 Å². The molecule has 0 fully saturated rings. The molecule has 102 valence electrons. The van der Waals surface area contributed by atoms with Crippen molar-refractivity contribution in [1.82, 2.24) is 9.62 Å². The zero-order valence-electron chi connectivity index (χ0n) is 11.5. The van der Waals surface area contributed by atoms with E-state index in [0.29, 0.717) is 10.8 Å². The highest BCUT2D eigenvalue weighted by Crippen LogP contribution is 2.13. The minimum atomic E-state index is -3.31. The second-order valence-corrected chi connectivity index (χ2v) is 7.11. The zero-order chi connectivity index (χ0) is 13.8. The van der Waals surface area contributed by atoms with E-state index < -0.39 is 10.0 Å². The van der Waals surface area contributed by atoms with Gasteiger partial charge < -0.3 is 5.32 Å². The van der Waals surface area contributed by atoms with Crippen LogP contribution in [-0.2, 0) is 16.6 Å². The Hall–Kier alpha value is -0.910. The lowest BCUT2D eigenvalue weighted by Crippen LogP contribution is -2.22. The lowest BCUT2D eigenvalue weighted by molar-refractivity contribution is 0.520. The number of rotatable bonds is 6. The molecule has 0 saturated heterocycles. The molecular formula is C13H22N2O2S. The molecule has 0 unspecified atom stereocenters. The number of sulfonamides is 1. The topological polar surface area (TPSA) is 49.4 Å². The van der Waals surface area contributed by atoms with Crippen LogP contribution in [0.3, 0.4) is 0 Å². The van der Waals surface area contributed by atoms with Gasteiger partial charge in [-0.2, -0.15) is 0 Å². The van der Waals surface area contributed by atoms with Crippen LogP contribution in [0.1, 0.15) is 19.4 Å². The van der Waals surface area contributed by atoms with Crippen molar-refractivity contribution in [2.45, 2.75) is 25.3 Å². The summed E-state index contributed by atoms with van der Waals surface area (Å²) in [6.07, 6.45) is 0. The van der Waals surface area contributed by atoms with E-state index >= 15 is 0 Å². The number of nitrogens with one attached hydrogen (secondary N) is 1. The van der Waals surface area contributed by atoms with Gasteiger partial charge in [0.25, 0.3) is 0 Å². The van der Waals surface area contributed by atoms with Gasteiger partial charge in [-0.15, -0.1) is 0 Å². The van der Waals surface area contributed by atoms with E-state index in [1.165, 1.54) is 18.4 Å². The normalized spacial score (nSPS) is 12.3. The van der Waals surface area contributed by atoms with Crippen LogP contribution in [0.5, 0.6) is 0 Å². The smallest absolute Gasteiger partial charge is 0.242 e. The summed E-state index contributed by atoms with van der Waals surface area (Å²) in [5.41, 5.74) is 1.09. The lowest BCUT2D eigenvalue weighted by Gasteiger charge is -2.12. The molecule has 0 amide bonds. The first-order valence-corrected chi connectivity index (χ1v) is 7.50. The number of nitrogens with zero attached hydrogens (tertiary/aromatic N) is 1. The van der Waals surface area contributed by atoms with E-state index in [4.69, 9.17) is 0 Å². The molecule has 1 rings (SSSR count). The third kappa shape index (κ3) is 4.08. The Labute approximate surface area is 110 Å². The van der Waals surface area contributed by atoms with Crippen molar-refractivity contribution in [3.05, 3.63) is 29.8 Å². The molecular weight excluding hydrogens is 248 g/mol. The number of benzene rings is 1. The quantitative estimate of drug-likeness (QED) is 0.855. The SMILES string of the molecule is CC(C)CNCc1ccc(S(=O)(=O)N(C)C)cc1. The van der Waals surface area contributed by atoms with Gasteiger partial charge in [0.15, 0.2) is 0 Å². The Morgan fingerprint density at radius 2 is 1.72 bits per heavy atom. The molecule has 0 aliphatic rings. The Morgan fingerprint density at radius 3 is 2.17 bits per heavy atom. The van der Waals surface area contributed by atoms with Gasteiger partial charge in [0.1, 0.15) is 0 Å². The highest BCUT2D eigenvalue weighted by Gasteiger charge is 2.16. The number of hydrogen-bond donors (Lipinski definition) is 1. The fourth-order valence-electron chi connectivity index (χ4n) is 1.50. The molecule has 0 bridgehead atoms. The maximum absolute atomic E-state index is 11.9. The van der Waals surface area contributed by atoms with Crippen LogP contribution in [0.25, 0.3) is 0 Å². The number of hydrogen-bond acceptors (Lipinski definition) is 3. The van der Waals surface area contributed by atoms with Crippen molar-refractivity contribution < 1.29 is 8.42 Å². The average Bonchev–Trinajstić information content (AvgIpc) is 2.29. The standard InChI is InChI=1S/C13H22N2O2S/c1-11(2)9-14-10-12-5-7-13(8-6-12)18(16,17)15(3)4/h5-8,11,14H,9-10H2,1-4H3. The van der Waals surface area contributed by atoms with Crippen molar-refractivity contribution in [2.24, 2.45) is 5.92 Å². The summed E-state index contributed by atoms with van der Waals surface area (Å²) in [5.74, 6) is 0.610. The van der Waals surface area contributed by atoms with Crippen molar-refractivity contribution in [3.63, 3.8) is 0 Å². The molecule has 0 spiro atoms. The molecule has 0 aliphatic heterocycles. The molecule has 1 N–H and O–H groups in total. The Bertz CT molecular complexity index is 464. The molecule has 4 nitrogen and oxygen atoms in total. The van der Waals surface area contributed by atoms with Crippen LogP contribution in [0, 0.1) is 5.92 Å². The highest BCUT2D eigenvalue weighted by atomic mass is 32.2. The Balaban J connectivity index is 2.69. The second-order valence-electron chi connectivity index (χ2n) is 4.96. The fourth-order valence-corrected chi connectivity index (χ4v) is 2.40. The molecule has 18 heavy (non-hydrogen) atoms. The van der Waals surface area contributed by atoms with Gasteiger partial charge in [0.2, 0.25) is 10.0 Å². The third-order valence-electron chi connectivity index (χ3n) is 2.58. The van der Waals surface area contributed by atoms with Crippen molar-refractivity contribution in [1.29, 1.82) is 0 Å². The second kappa shape index (κ2) is 6.31. The van der Waals surface area contributed by atoms with Crippen LogP contribution < -0.4 is 5.32 Å². The van der Waals surface area contributed by atoms with Gasteiger partial charge in [0.05, 0.1) is 4.90 Å². The van der Waals surface area contributed by atoms with Crippen LogP contribution in [0.15, 0.2) is 29.2 Å². The van der Waals surface area contributed by atoms with Gasteiger partial charge in [0, 0.05) is 20.6 Å². The fraction of sp³-hybridized carbons (Fsp3) is 0.538. The summed E-state index contributed by atoms with van der Waals surface area (Å²) >= 11 is 0. The van der Waals surface area contributed by atoms with E-state index in [2.05, 4.69) is 19.2 Å². The molecule has 5 heteroatoms. The van der Waals surface area contributed by atoms with Crippen molar-refractivity contribution in [3.8, 4) is 0 Å². The summed E-state index contributed by atoms with van der Waals surface area (Å²) < 4.78 is 24.9. The highest BCUT2D eigenvalue weighted by molar-refractivity contribution is 7.89. The summed E-state index contributed by atoms with van der Waals surface area (Å²) in [4.78, 5) is 0.333. The Morgan fingerprint density at radius 1 is 1.17 bits per heavy atom. The van der Waals surface area contributed by atoms with E-state index in [-0.39, 0.29) is 0 Å². The van der Waals surface area contributed by atoms with E-state index in [9.17, 15) is 8.42 Å². The van der Waals surface area contributed by atoms with Crippen LogP contribution in [0.2, 0.25) is 0 Å². The van der Waals surface area contributed by atoms with Crippen LogP contribution in [-0.4, -0.2) is 33.4 Å². The van der Waals surface area contributed by atoms with Gasteiger partial charge in [-0.25, -0.2) is 12.7 Å².